The summed E-state index contributed by atoms with van der Waals surface area (Å²) in [6.07, 6.45) is 16.0. The minimum atomic E-state index is -0.958. The van der Waals surface area contributed by atoms with Crippen LogP contribution in [0.1, 0.15) is 72.1 Å². The summed E-state index contributed by atoms with van der Waals surface area (Å²) in [4.78, 5) is 37.3. The zero-order chi connectivity index (χ0) is 28.2. The maximum atomic E-state index is 11.6. The lowest BCUT2D eigenvalue weighted by atomic mass is 10.1. The van der Waals surface area contributed by atoms with E-state index in [0.29, 0.717) is 12.8 Å². The van der Waals surface area contributed by atoms with Gasteiger partial charge in [0.25, 0.3) is 5.09 Å². The Morgan fingerprint density at radius 2 is 1.95 bits per heavy atom. The molecule has 9 nitrogen and oxygen atoms in total. The van der Waals surface area contributed by atoms with Crippen LogP contribution in [-0.2, 0) is 19.2 Å². The Morgan fingerprint density at radius 3 is 2.61 bits per heavy atom. The molecule has 2 rings (SSSR count). The maximum Gasteiger partial charge on any atom is 0.328 e. The van der Waals surface area contributed by atoms with E-state index in [4.69, 9.17) is 21.1 Å². The van der Waals surface area contributed by atoms with Crippen molar-refractivity contribution in [2.75, 3.05) is 13.2 Å². The highest BCUT2D eigenvalue weighted by molar-refractivity contribution is 6.30. The maximum absolute atomic E-state index is 11.6. The van der Waals surface area contributed by atoms with Gasteiger partial charge in [0.1, 0.15) is 24.5 Å². The SMILES string of the molecule is C/C=C\CCCC(=O)NC(C)C(=O)OC(C)CO[N+](=O)[O-].Clc1cccc(OCC/C=C/C2CCCC2)c1. The first-order chi connectivity index (χ1) is 18.2. The molecule has 1 N–H and O–H groups in total. The van der Waals surface area contributed by atoms with E-state index in [1.54, 1.807) is 0 Å². The van der Waals surface area contributed by atoms with Gasteiger partial charge in [-0.3, -0.25) is 4.79 Å². The predicted octanol–water partition coefficient (Wildman–Crippen LogP) is 6.23. The Balaban J connectivity index is 0.000000386. The molecule has 212 valence electrons. The van der Waals surface area contributed by atoms with Gasteiger partial charge in [-0.1, -0.05) is 54.8 Å². The standard InChI is InChI=1S/C15H19ClO.C13H22N2O6/c16-14-9-5-10-15(12-14)17-11-4-3-8-13-6-1-2-7-13;1-4-5-6-7-8-12(16)14-11(3)13(17)21-10(2)9-20-15(18)19/h3,5,8-10,12-13H,1-2,4,6-7,11H2;4-5,10-11H,6-9H2,1-3H3,(H,14,16)/b8-3+;5-4-. The fourth-order valence-corrected chi connectivity index (χ4v) is 3.84. The number of unbranched alkanes of at least 4 members (excludes halogenated alkanes) is 1. The second-order valence-corrected chi connectivity index (χ2v) is 9.52. The summed E-state index contributed by atoms with van der Waals surface area (Å²) in [7, 11) is 0. The van der Waals surface area contributed by atoms with Gasteiger partial charge in [-0.25, -0.2) is 4.79 Å². The van der Waals surface area contributed by atoms with E-state index in [2.05, 4.69) is 22.3 Å². The number of halogens is 1. The average molecular weight is 553 g/mol. The molecule has 1 saturated carbocycles. The van der Waals surface area contributed by atoms with Gasteiger partial charge in [-0.2, -0.15) is 0 Å². The van der Waals surface area contributed by atoms with E-state index >= 15 is 0 Å². The monoisotopic (exact) mass is 552 g/mol. The molecule has 1 aliphatic carbocycles. The van der Waals surface area contributed by atoms with Crippen molar-refractivity contribution < 1.29 is 29.0 Å². The topological polar surface area (TPSA) is 117 Å². The molecule has 1 aromatic carbocycles. The van der Waals surface area contributed by atoms with Gasteiger partial charge in [0.15, 0.2) is 0 Å². The van der Waals surface area contributed by atoms with E-state index in [1.165, 1.54) is 39.5 Å². The fourth-order valence-electron chi connectivity index (χ4n) is 3.66. The van der Waals surface area contributed by atoms with E-state index in [-0.39, 0.29) is 12.5 Å². The largest absolute Gasteiger partial charge is 0.493 e. The van der Waals surface area contributed by atoms with Gasteiger partial charge in [0.2, 0.25) is 5.91 Å². The van der Waals surface area contributed by atoms with Crippen molar-refractivity contribution in [2.24, 2.45) is 5.92 Å². The van der Waals surface area contributed by atoms with Crippen LogP contribution in [0.25, 0.3) is 0 Å². The molecule has 0 bridgehead atoms. The minimum Gasteiger partial charge on any atom is -0.493 e. The Bertz CT molecular complexity index is 901. The van der Waals surface area contributed by atoms with Crippen LogP contribution in [0.3, 0.4) is 0 Å². The smallest absolute Gasteiger partial charge is 0.328 e. The van der Waals surface area contributed by atoms with Crippen LogP contribution in [0, 0.1) is 16.0 Å². The fraction of sp³-hybridized carbons (Fsp3) is 0.571. The second-order valence-electron chi connectivity index (χ2n) is 9.08. The second kappa shape index (κ2) is 20.0. The number of hydrogen-bond donors (Lipinski definition) is 1. The van der Waals surface area contributed by atoms with Crippen molar-refractivity contribution in [3.63, 3.8) is 0 Å². The predicted molar refractivity (Wildman–Crippen MR) is 147 cm³/mol. The molecule has 0 heterocycles. The van der Waals surface area contributed by atoms with Gasteiger partial charge < -0.3 is 19.6 Å². The molecule has 0 aliphatic heterocycles. The number of hydrogen-bond acceptors (Lipinski definition) is 7. The van der Waals surface area contributed by atoms with Crippen LogP contribution >= 0.6 is 11.6 Å². The summed E-state index contributed by atoms with van der Waals surface area (Å²) in [6, 6.07) is 6.74. The molecule has 10 heteroatoms. The van der Waals surface area contributed by atoms with E-state index in [0.717, 1.165) is 36.1 Å². The summed E-state index contributed by atoms with van der Waals surface area (Å²) in [5, 5.41) is 12.3. The van der Waals surface area contributed by atoms with Crippen LogP contribution in [0.2, 0.25) is 5.02 Å². The lowest BCUT2D eigenvalue weighted by Crippen LogP contribution is -2.41. The van der Waals surface area contributed by atoms with Gasteiger partial charge in [-0.05, 0) is 77.0 Å². The molecule has 2 atom stereocenters. The van der Waals surface area contributed by atoms with Crippen molar-refractivity contribution in [1.29, 1.82) is 0 Å². The van der Waals surface area contributed by atoms with E-state index in [9.17, 15) is 19.7 Å². The zero-order valence-corrected chi connectivity index (χ0v) is 23.4. The molecule has 1 amide bonds. The third kappa shape index (κ3) is 16.6. The number of carbonyl (C=O) groups is 2. The van der Waals surface area contributed by atoms with Gasteiger partial charge in [0.05, 0.1) is 6.61 Å². The summed E-state index contributed by atoms with van der Waals surface area (Å²) in [5.41, 5.74) is 0. The summed E-state index contributed by atoms with van der Waals surface area (Å²) in [5.74, 6) is 0.780. The van der Waals surface area contributed by atoms with Crippen molar-refractivity contribution >= 4 is 23.5 Å². The Labute approximate surface area is 230 Å². The number of esters is 1. The number of allylic oxidation sites excluding steroid dienone is 3. The van der Waals surface area contributed by atoms with Crippen molar-refractivity contribution in [3.05, 3.63) is 63.7 Å². The molecular formula is C28H41ClN2O7. The number of rotatable bonds is 15. The molecule has 0 saturated heterocycles. The minimum absolute atomic E-state index is 0.238. The highest BCUT2D eigenvalue weighted by Gasteiger charge is 2.19. The molecule has 0 aromatic heterocycles. The van der Waals surface area contributed by atoms with Crippen molar-refractivity contribution in [3.8, 4) is 5.75 Å². The Morgan fingerprint density at radius 1 is 1.21 bits per heavy atom. The third-order valence-electron chi connectivity index (χ3n) is 5.63. The van der Waals surface area contributed by atoms with Crippen LogP contribution in [0.4, 0.5) is 0 Å². The molecular weight excluding hydrogens is 512 g/mol. The summed E-state index contributed by atoms with van der Waals surface area (Å²) >= 11 is 5.88. The molecule has 0 spiro atoms. The van der Waals surface area contributed by atoms with Crippen LogP contribution in [0.5, 0.6) is 5.75 Å². The van der Waals surface area contributed by atoms with Crippen molar-refractivity contribution in [1.82, 2.24) is 5.32 Å². The molecule has 38 heavy (non-hydrogen) atoms. The first-order valence-corrected chi connectivity index (χ1v) is 13.5. The summed E-state index contributed by atoms with van der Waals surface area (Å²) in [6.45, 7) is 5.24. The van der Waals surface area contributed by atoms with Gasteiger partial charge in [0, 0.05) is 11.4 Å². The first-order valence-electron chi connectivity index (χ1n) is 13.1. The zero-order valence-electron chi connectivity index (χ0n) is 22.6. The Kier molecular flexibility index (Phi) is 17.3. The molecule has 0 radical (unpaired) electrons. The van der Waals surface area contributed by atoms with Crippen LogP contribution < -0.4 is 10.1 Å². The van der Waals surface area contributed by atoms with Crippen LogP contribution in [-0.4, -0.2) is 42.3 Å². The lowest BCUT2D eigenvalue weighted by Gasteiger charge is -2.17. The lowest BCUT2D eigenvalue weighted by molar-refractivity contribution is -0.759. The van der Waals surface area contributed by atoms with E-state index in [1.807, 2.05) is 43.3 Å². The number of nitrogens with zero attached hydrogens (tertiary/aromatic N) is 1. The number of carbonyl (C=O) groups excluding carboxylic acids is 2. The summed E-state index contributed by atoms with van der Waals surface area (Å²) < 4.78 is 10.5. The van der Waals surface area contributed by atoms with E-state index < -0.39 is 23.2 Å². The number of nitrogens with one attached hydrogen (secondary N) is 1. The van der Waals surface area contributed by atoms with Crippen molar-refractivity contribution in [2.45, 2.75) is 84.3 Å². The molecule has 1 aromatic rings. The third-order valence-corrected chi connectivity index (χ3v) is 5.87. The molecule has 2 unspecified atom stereocenters. The van der Waals surface area contributed by atoms with Gasteiger partial charge in [-0.15, -0.1) is 10.1 Å². The molecule has 1 fully saturated rings. The number of benzene rings is 1. The molecule has 1 aliphatic rings. The first kappa shape index (κ1) is 33.0. The Hall–Kier alpha value is -3.07. The van der Waals surface area contributed by atoms with Gasteiger partial charge >= 0.3 is 5.97 Å². The number of ether oxygens (including phenoxy) is 2. The highest BCUT2D eigenvalue weighted by atomic mass is 35.5. The van der Waals surface area contributed by atoms with Crippen LogP contribution in [0.15, 0.2) is 48.6 Å². The number of amides is 1. The quantitative estimate of drug-likeness (QED) is 0.0900. The average Bonchev–Trinajstić information content (AvgIpc) is 3.39. The highest BCUT2D eigenvalue weighted by Crippen LogP contribution is 2.25. The normalized spacial score (nSPS) is 14.9.